The Morgan fingerprint density at radius 1 is 0.360 bits per heavy atom. The molecule has 0 bridgehead atoms. The fourth-order valence-corrected chi connectivity index (χ4v) is 12.6. The van der Waals surface area contributed by atoms with Crippen LogP contribution >= 0.6 is 0 Å². The molecule has 0 radical (unpaired) electrons. The van der Waals surface area contributed by atoms with E-state index in [4.69, 9.17) is 22.6 Å². The van der Waals surface area contributed by atoms with Gasteiger partial charge in [0.05, 0.1) is 12.5 Å². The molecule has 696 valence electrons. The molecular formula is C82H130N20O23. The van der Waals surface area contributed by atoms with Gasteiger partial charge < -0.3 is 123 Å². The number of unbranched alkanes of at least 4 members (excludes halogenated alkanes) is 3. The number of carboxylic acid groups (broad SMARTS) is 4. The predicted molar refractivity (Wildman–Crippen MR) is 454 cm³/mol. The Hall–Kier alpha value is -12.4. The summed E-state index contributed by atoms with van der Waals surface area (Å²) in [5, 5.41) is 87.1. The van der Waals surface area contributed by atoms with E-state index in [-0.39, 0.29) is 83.3 Å². The Balaban J connectivity index is 2.48. The van der Waals surface area contributed by atoms with Crippen LogP contribution in [-0.4, -0.2) is 244 Å². The highest BCUT2D eigenvalue weighted by Crippen LogP contribution is 2.16. The molecule has 15 amide bonds. The van der Waals surface area contributed by atoms with E-state index in [1.165, 1.54) is 27.8 Å². The van der Waals surface area contributed by atoms with E-state index in [2.05, 4.69) is 85.1 Å². The summed E-state index contributed by atoms with van der Waals surface area (Å²) in [5.41, 5.74) is 18.2. The van der Waals surface area contributed by atoms with Crippen molar-refractivity contribution in [2.24, 2.45) is 29.0 Å². The molecule has 0 aliphatic heterocycles. The number of guanidine groups is 1. The van der Waals surface area contributed by atoms with Crippen LogP contribution in [0.15, 0.2) is 60.7 Å². The Morgan fingerprint density at radius 3 is 1.06 bits per heavy atom. The van der Waals surface area contributed by atoms with Crippen molar-refractivity contribution in [2.45, 2.75) is 288 Å². The molecule has 0 saturated heterocycles. The predicted octanol–water partition coefficient (Wildman–Crippen LogP) is -2.71. The summed E-state index contributed by atoms with van der Waals surface area (Å²) in [6.07, 6.45) is -4.48. The lowest BCUT2D eigenvalue weighted by Crippen LogP contribution is -2.61. The topological polar surface area (TPSA) is 700 Å². The first kappa shape index (κ1) is 109. The van der Waals surface area contributed by atoms with Crippen LogP contribution in [0.3, 0.4) is 0 Å². The van der Waals surface area contributed by atoms with Gasteiger partial charge in [-0.05, 0) is 120 Å². The van der Waals surface area contributed by atoms with E-state index in [1.807, 2.05) is 6.92 Å². The molecule has 125 heavy (non-hydrogen) atoms. The number of carbonyl (C=O) groups is 19. The second-order valence-corrected chi connectivity index (χ2v) is 31.1. The van der Waals surface area contributed by atoms with Crippen molar-refractivity contribution in [3.8, 4) is 0 Å². The first-order chi connectivity index (χ1) is 59.0. The number of amides is 15. The number of carboxylic acids is 4. The molecule has 0 fully saturated rings. The van der Waals surface area contributed by atoms with Crippen LogP contribution in [0.25, 0.3) is 0 Å². The number of hydrogen-bond acceptors (Lipinski definition) is 22. The number of aliphatic carboxylic acids is 4. The maximum Gasteiger partial charge on any atom is 0.305 e. The summed E-state index contributed by atoms with van der Waals surface area (Å²) in [6, 6.07) is -3.76. The number of likely N-dealkylation sites (N-methyl/N-ethyl adjacent to an activating group) is 1. The minimum atomic E-state index is -1.98. The van der Waals surface area contributed by atoms with Gasteiger partial charge in [0.1, 0.15) is 78.5 Å². The number of primary amides is 1. The van der Waals surface area contributed by atoms with Gasteiger partial charge in [0.15, 0.2) is 5.96 Å². The van der Waals surface area contributed by atoms with E-state index in [9.17, 15) is 112 Å². The number of hydrogen-bond donors (Lipinski definition) is 24. The quantitative estimate of drug-likeness (QED) is 0.0182. The lowest BCUT2D eigenvalue weighted by molar-refractivity contribution is -0.140. The fraction of sp³-hybridized carbons (Fsp3) is 0.610. The van der Waals surface area contributed by atoms with Crippen molar-refractivity contribution in [2.75, 3.05) is 20.1 Å². The molecule has 43 nitrogen and oxygen atoms in total. The Kier molecular flexibility index (Phi) is 50.9. The molecule has 0 aliphatic carbocycles. The third kappa shape index (κ3) is 43.9. The normalized spacial score (nSPS) is 14.4. The summed E-state index contributed by atoms with van der Waals surface area (Å²) in [5.74, 6) is -21.9. The highest BCUT2D eigenvalue weighted by atomic mass is 16.4. The highest BCUT2D eigenvalue weighted by molar-refractivity contribution is 6.01. The van der Waals surface area contributed by atoms with Gasteiger partial charge in [0.2, 0.25) is 88.6 Å². The summed E-state index contributed by atoms with van der Waals surface area (Å²) in [4.78, 5) is 258. The molecule has 2 rings (SSSR count). The molecule has 43 heteroatoms. The van der Waals surface area contributed by atoms with E-state index < -0.39 is 267 Å². The first-order valence-corrected chi connectivity index (χ1v) is 42.0. The van der Waals surface area contributed by atoms with Gasteiger partial charge in [-0.25, -0.2) is 0 Å². The van der Waals surface area contributed by atoms with Crippen molar-refractivity contribution in [3.63, 3.8) is 0 Å². The van der Waals surface area contributed by atoms with Gasteiger partial charge >= 0.3 is 23.9 Å². The second-order valence-electron chi connectivity index (χ2n) is 31.1. The van der Waals surface area contributed by atoms with Gasteiger partial charge in [-0.15, -0.1) is 0 Å². The number of rotatable bonds is 63. The van der Waals surface area contributed by atoms with Crippen LogP contribution < -0.4 is 102 Å². The number of benzene rings is 2. The molecule has 27 N–H and O–H groups in total. The van der Waals surface area contributed by atoms with Crippen LogP contribution in [0.5, 0.6) is 0 Å². The molecule has 14 atom stereocenters. The molecule has 0 aromatic heterocycles. The van der Waals surface area contributed by atoms with Gasteiger partial charge in [-0.2, -0.15) is 0 Å². The summed E-state index contributed by atoms with van der Waals surface area (Å²) >= 11 is 0. The van der Waals surface area contributed by atoms with Crippen LogP contribution in [-0.2, 0) is 104 Å². The minimum Gasteiger partial charge on any atom is -0.481 e. The summed E-state index contributed by atoms with van der Waals surface area (Å²) in [6.45, 7) is 12.9. The monoisotopic (exact) mass is 1760 g/mol. The maximum atomic E-state index is 14.5. The third-order valence-electron chi connectivity index (χ3n) is 19.7. The Labute approximate surface area is 726 Å². The van der Waals surface area contributed by atoms with Gasteiger partial charge in [0.25, 0.3) is 0 Å². The molecular weight excluding hydrogens is 1630 g/mol. The van der Waals surface area contributed by atoms with Crippen molar-refractivity contribution in [3.05, 3.63) is 71.8 Å². The summed E-state index contributed by atoms with van der Waals surface area (Å²) in [7, 11) is 1.40. The zero-order valence-corrected chi connectivity index (χ0v) is 72.5. The van der Waals surface area contributed by atoms with Gasteiger partial charge in [-0.1, -0.05) is 128 Å². The highest BCUT2D eigenvalue weighted by Gasteiger charge is 2.39. The molecule has 0 spiro atoms. The van der Waals surface area contributed by atoms with Crippen LogP contribution in [0, 0.1) is 17.2 Å². The molecule has 2 aromatic carbocycles. The average molecular weight is 1760 g/mol. The van der Waals surface area contributed by atoms with E-state index in [1.54, 1.807) is 81.4 Å². The van der Waals surface area contributed by atoms with E-state index >= 15 is 0 Å². The first-order valence-electron chi connectivity index (χ1n) is 42.0. The zero-order chi connectivity index (χ0) is 94.0. The SMILES string of the molecule is CCCC[C@H](NC(=O)[C@H](CCC(N)=O)NC(=O)[C@H](CCCCN)NC(=O)[C@@H](C)NC(=O)[C@H](CCCC)NC(=O)[C@H](CC(=O)O)NCc1ccccc1)C(=O)N[C@@H](CCC(=O)O)C(=O)N[C@@H](CCC(=O)O)C(=O)N[C@@H](CCC(=O)O)C(=O)N[C@@H](C)C(=O)N[C@H](C(=O)N[C@H](CCCNC(=N)N)C(=O)N[C@@H](CC(C)C)C(=O)N[C@@H](Cc1ccccc1)C(=O)NC)C(C)C. The number of nitrogens with one attached hydrogen (secondary N) is 17. The van der Waals surface area contributed by atoms with Crippen LogP contribution in [0.2, 0.25) is 0 Å². The zero-order valence-electron chi connectivity index (χ0n) is 72.5. The van der Waals surface area contributed by atoms with Crippen molar-refractivity contribution < 1.29 is 112 Å². The average Bonchev–Trinajstić information content (AvgIpc) is 0.854. The van der Waals surface area contributed by atoms with E-state index in [0.717, 1.165) is 18.1 Å². The Bertz CT molecular complexity index is 3930. The molecule has 0 heterocycles. The fourth-order valence-electron chi connectivity index (χ4n) is 12.6. The van der Waals surface area contributed by atoms with Crippen molar-refractivity contribution in [1.29, 1.82) is 5.41 Å². The lowest BCUT2D eigenvalue weighted by Gasteiger charge is -2.29. The largest absolute Gasteiger partial charge is 0.481 e. The lowest BCUT2D eigenvalue weighted by atomic mass is 9.99. The molecule has 0 aliphatic rings. The Morgan fingerprint density at radius 2 is 0.696 bits per heavy atom. The van der Waals surface area contributed by atoms with Gasteiger partial charge in [0, 0.05) is 52.2 Å². The minimum absolute atomic E-state index is 0.0525. The molecule has 0 unspecified atom stereocenters. The number of carbonyl (C=O) groups excluding carboxylic acids is 15. The van der Waals surface area contributed by atoms with Gasteiger partial charge in [-0.3, -0.25) is 96.5 Å². The second kappa shape index (κ2) is 58.6. The standard InChI is InChI=1S/C82H130N20O23/c1-10-12-27-51(94-79(123)59(43-66(110)111)89-44-50-25-18-15-19-26-50)71(115)90-47(7)68(112)92-53(29-20-21-39-83)74(118)95-55(31-35-62(84)103)76(120)93-52(28-13-11-2)73(117)97-57(33-37-64(106)107)78(122)98-58(34-38-65(108)109)77(121)96-56(32-36-63(104)105)72(116)91-48(8)69(113)102-67(46(5)6)81(125)99-54(30-22-40-88-82(85)86)75(119)100-60(41-45(3)4)80(124)101-61(70(114)87-9)42-49-23-16-14-17-24-49/h14-19,23-26,45-48,51-61,67,89H,10-13,20-22,27-44,83H2,1-9H3,(H2,84,103)(H,87,114)(H,90,115)(H,91,116)(H,92,112)(H,93,120)(H,94,123)(H,95,118)(H,96,121)(H,97,117)(H,98,122)(H,99,125)(H,100,119)(H,101,124)(H,102,113)(H,104,105)(H,106,107)(H,108,109)(H,110,111)(H4,85,86,88)/t47-,48+,51+,52+,53+,54-,55+,56+,57+,58+,59+,60+,61+,67+/m1/s1. The van der Waals surface area contributed by atoms with E-state index in [0.29, 0.717) is 25.7 Å². The molecule has 0 saturated carbocycles. The van der Waals surface area contributed by atoms with Crippen molar-refractivity contribution >= 4 is 118 Å². The van der Waals surface area contributed by atoms with Crippen LogP contribution in [0.4, 0.5) is 0 Å². The number of nitrogens with two attached hydrogens (primary N) is 3. The smallest absolute Gasteiger partial charge is 0.305 e. The van der Waals surface area contributed by atoms with Crippen LogP contribution in [0.1, 0.15) is 201 Å². The van der Waals surface area contributed by atoms with Crippen molar-refractivity contribution in [1.82, 2.24) is 85.1 Å². The third-order valence-corrected chi connectivity index (χ3v) is 19.7. The maximum absolute atomic E-state index is 14.5. The summed E-state index contributed by atoms with van der Waals surface area (Å²) < 4.78 is 0. The molecule has 2 aromatic rings.